The van der Waals surface area contributed by atoms with Gasteiger partial charge in [-0.2, -0.15) is 36.9 Å². The zero-order valence-corrected chi connectivity index (χ0v) is 19.8. The third kappa shape index (κ3) is 10.2. The quantitative estimate of drug-likeness (QED) is 0.183. The van der Waals surface area contributed by atoms with E-state index in [1.165, 1.54) is 9.80 Å². The number of aromatic nitrogens is 3. The van der Waals surface area contributed by atoms with E-state index >= 15 is 0 Å². The van der Waals surface area contributed by atoms with Crippen molar-refractivity contribution in [1.29, 1.82) is 0 Å². The number of aliphatic hydroxyl groups is 1. The summed E-state index contributed by atoms with van der Waals surface area (Å²) in [6.07, 6.45) is -5.83. The Morgan fingerprint density at radius 2 is 1.18 bits per heavy atom. The number of aliphatic hydroxyl groups excluding tert-OH is 1. The molecule has 0 amide bonds. The lowest BCUT2D eigenvalue weighted by Crippen LogP contribution is -2.37. The van der Waals surface area contributed by atoms with Crippen LogP contribution in [-0.2, 0) is 20.6 Å². The number of ether oxygens (including phenoxy) is 3. The second-order valence-corrected chi connectivity index (χ2v) is 7.39. The fourth-order valence-electron chi connectivity index (χ4n) is 2.47. The van der Waals surface area contributed by atoms with Gasteiger partial charge in [0.15, 0.2) is 0 Å². The topological polar surface area (TPSA) is 93.1 Å². The maximum absolute atomic E-state index is 13.5. The Balaban J connectivity index is 3.27. The van der Waals surface area contributed by atoms with E-state index in [0.29, 0.717) is 26.2 Å². The van der Waals surface area contributed by atoms with Gasteiger partial charge in [-0.1, -0.05) is 20.8 Å². The van der Waals surface area contributed by atoms with E-state index in [4.69, 9.17) is 14.2 Å². The van der Waals surface area contributed by atoms with Crippen molar-refractivity contribution in [3.8, 4) is 0 Å². The summed E-state index contributed by atoms with van der Waals surface area (Å²) < 4.78 is 81.3. The van der Waals surface area contributed by atoms with E-state index < -0.39 is 31.7 Å². The highest BCUT2D eigenvalue weighted by atomic mass is 19.4. The lowest BCUT2D eigenvalue weighted by molar-refractivity contribution is -0.284. The molecule has 0 saturated carbocycles. The monoisotopic (exact) mass is 503 g/mol. The molecule has 0 atom stereocenters. The molecule has 0 bridgehead atoms. The van der Waals surface area contributed by atoms with E-state index in [1.807, 2.05) is 20.8 Å². The third-order valence-electron chi connectivity index (χ3n) is 4.26. The Hall–Kier alpha value is -1.90. The van der Waals surface area contributed by atoms with Crippen LogP contribution in [0, 0.1) is 0 Å². The molecule has 0 aliphatic carbocycles. The van der Waals surface area contributed by atoms with Gasteiger partial charge >= 0.3 is 12.1 Å². The van der Waals surface area contributed by atoms with Gasteiger partial charge < -0.3 is 19.3 Å². The van der Waals surface area contributed by atoms with Crippen molar-refractivity contribution in [2.75, 3.05) is 56.5 Å². The highest BCUT2D eigenvalue weighted by molar-refractivity contribution is 5.38. The van der Waals surface area contributed by atoms with Crippen molar-refractivity contribution in [3.05, 3.63) is 5.82 Å². The molecule has 0 aromatic carbocycles. The lowest BCUT2D eigenvalue weighted by Gasteiger charge is -2.25. The van der Waals surface area contributed by atoms with Crippen LogP contribution in [0.3, 0.4) is 0 Å². The fraction of sp³-hybridized carbons (Fsp3) is 0.850. The van der Waals surface area contributed by atoms with Gasteiger partial charge in [-0.05, 0) is 19.3 Å². The minimum Gasteiger partial charge on any atom is -0.376 e. The van der Waals surface area contributed by atoms with E-state index in [1.54, 1.807) is 0 Å². The molecule has 0 saturated heterocycles. The third-order valence-corrected chi connectivity index (χ3v) is 4.26. The molecule has 198 valence electrons. The summed E-state index contributed by atoms with van der Waals surface area (Å²) in [6.45, 7) is 6.19. The van der Waals surface area contributed by atoms with Crippen LogP contribution >= 0.6 is 0 Å². The van der Waals surface area contributed by atoms with Gasteiger partial charge in [0.1, 0.15) is 32.7 Å². The molecule has 0 fully saturated rings. The van der Waals surface area contributed by atoms with Crippen molar-refractivity contribution in [1.82, 2.24) is 15.0 Å². The molecule has 1 N–H and O–H groups in total. The largest absolute Gasteiger partial charge is 0.453 e. The van der Waals surface area contributed by atoms with Crippen LogP contribution in [0.15, 0.2) is 0 Å². The molecule has 0 aliphatic heterocycles. The maximum Gasteiger partial charge on any atom is 0.453 e. The average molecular weight is 504 g/mol. The van der Waals surface area contributed by atoms with Crippen LogP contribution in [-0.4, -0.2) is 78.9 Å². The van der Waals surface area contributed by atoms with Crippen molar-refractivity contribution in [2.45, 2.75) is 65.0 Å². The van der Waals surface area contributed by atoms with Crippen LogP contribution in [0.4, 0.5) is 33.8 Å². The molecule has 1 heterocycles. The molecule has 1 aromatic heterocycles. The molecule has 1 aromatic rings. The normalized spacial score (nSPS) is 12.3. The SMILES string of the molecule is CCCOCN(CO)c1nc(CCC(F)(F)C(F)(F)F)nc(N(COCCC)COCCC)n1. The van der Waals surface area contributed by atoms with Gasteiger partial charge in [0, 0.05) is 32.7 Å². The van der Waals surface area contributed by atoms with E-state index in [2.05, 4.69) is 15.0 Å². The smallest absolute Gasteiger partial charge is 0.376 e. The molecule has 0 spiro atoms. The summed E-state index contributed by atoms with van der Waals surface area (Å²) in [5, 5.41) is 9.73. The molecule has 1 rings (SSSR count). The Labute approximate surface area is 196 Å². The molecular weight excluding hydrogens is 469 g/mol. The van der Waals surface area contributed by atoms with Crippen LogP contribution < -0.4 is 9.80 Å². The summed E-state index contributed by atoms with van der Waals surface area (Å²) in [7, 11) is 0. The zero-order valence-electron chi connectivity index (χ0n) is 19.8. The molecule has 0 unspecified atom stereocenters. The minimum atomic E-state index is -5.69. The zero-order chi connectivity index (χ0) is 25.6. The number of nitrogens with zero attached hydrogens (tertiary/aromatic N) is 5. The lowest BCUT2D eigenvalue weighted by atomic mass is 10.1. The van der Waals surface area contributed by atoms with Crippen LogP contribution in [0.1, 0.15) is 52.3 Å². The molecule has 9 nitrogen and oxygen atoms in total. The molecular formula is C20H34F5N5O4. The predicted octanol–water partition coefficient (Wildman–Crippen LogP) is 3.72. The van der Waals surface area contributed by atoms with Crippen molar-refractivity contribution in [3.63, 3.8) is 0 Å². The molecule has 0 radical (unpaired) electrons. The Bertz CT molecular complexity index is 690. The van der Waals surface area contributed by atoms with Gasteiger partial charge in [-0.15, -0.1) is 0 Å². The highest BCUT2D eigenvalue weighted by Crippen LogP contribution is 2.38. The minimum absolute atomic E-state index is 0.00931. The average Bonchev–Trinajstić information content (AvgIpc) is 2.79. The fourth-order valence-corrected chi connectivity index (χ4v) is 2.47. The summed E-state index contributed by atoms with van der Waals surface area (Å²) in [4.78, 5) is 15.0. The van der Waals surface area contributed by atoms with Gasteiger partial charge in [-0.25, -0.2) is 0 Å². The first-order chi connectivity index (χ1) is 16.1. The molecule has 0 aliphatic rings. The van der Waals surface area contributed by atoms with E-state index in [-0.39, 0.29) is 37.9 Å². The number of anilines is 2. The number of halogens is 5. The number of hydrogen-bond acceptors (Lipinski definition) is 9. The standard InChI is InChI=1S/C20H34F5N5O4/c1-4-9-32-13-29(12-31)17-26-16(7-8-19(21,22)20(23,24)25)27-18(28-17)30(14-33-10-5-2)15-34-11-6-3/h31H,4-15H2,1-3H3. The van der Waals surface area contributed by atoms with Crippen molar-refractivity contribution < 1.29 is 41.3 Å². The van der Waals surface area contributed by atoms with Crippen LogP contribution in [0.25, 0.3) is 0 Å². The molecule has 14 heteroatoms. The first-order valence-electron chi connectivity index (χ1n) is 11.1. The first-order valence-corrected chi connectivity index (χ1v) is 11.1. The second kappa shape index (κ2) is 15.2. The summed E-state index contributed by atoms with van der Waals surface area (Å²) in [5.74, 6) is -5.38. The van der Waals surface area contributed by atoms with Gasteiger partial charge in [0.25, 0.3) is 0 Å². The number of hydrogen-bond donors (Lipinski definition) is 1. The summed E-state index contributed by atoms with van der Waals surface area (Å²) in [6, 6.07) is 0. The van der Waals surface area contributed by atoms with E-state index in [0.717, 1.165) is 12.8 Å². The highest BCUT2D eigenvalue weighted by Gasteiger charge is 2.56. The summed E-state index contributed by atoms with van der Waals surface area (Å²) >= 11 is 0. The Morgan fingerprint density at radius 1 is 0.735 bits per heavy atom. The van der Waals surface area contributed by atoms with E-state index in [9.17, 15) is 27.1 Å². The van der Waals surface area contributed by atoms with Gasteiger partial charge in [0.2, 0.25) is 11.9 Å². The Kier molecular flexibility index (Phi) is 13.4. The molecule has 34 heavy (non-hydrogen) atoms. The number of alkyl halides is 5. The van der Waals surface area contributed by atoms with Crippen LogP contribution in [0.2, 0.25) is 0 Å². The summed E-state index contributed by atoms with van der Waals surface area (Å²) in [5.41, 5.74) is 0. The van der Waals surface area contributed by atoms with Crippen molar-refractivity contribution >= 4 is 11.9 Å². The maximum atomic E-state index is 13.5. The van der Waals surface area contributed by atoms with Crippen LogP contribution in [0.5, 0.6) is 0 Å². The van der Waals surface area contributed by atoms with Gasteiger partial charge in [0.05, 0.1) is 0 Å². The van der Waals surface area contributed by atoms with Crippen molar-refractivity contribution in [2.24, 2.45) is 0 Å². The first kappa shape index (κ1) is 30.1. The number of aryl methyl sites for hydroxylation is 1. The second-order valence-electron chi connectivity index (χ2n) is 7.39. The van der Waals surface area contributed by atoms with Gasteiger partial charge in [-0.3, -0.25) is 9.80 Å². The Morgan fingerprint density at radius 3 is 1.59 bits per heavy atom. The predicted molar refractivity (Wildman–Crippen MR) is 115 cm³/mol. The number of rotatable bonds is 18.